The second-order valence-electron chi connectivity index (χ2n) is 2.89. The van der Waals surface area contributed by atoms with Gasteiger partial charge in [0, 0.05) is 0 Å². The van der Waals surface area contributed by atoms with Crippen LogP contribution in [0.3, 0.4) is 0 Å². The standard InChI is InChI=1S/C10H7NO3/c1-6(12)9-7(4-11)2-3-8-10(9)14-5-13-8/h2-3H,5H2,1H3. The van der Waals surface area contributed by atoms with Crippen molar-refractivity contribution < 1.29 is 14.3 Å². The molecular formula is C10H7NO3. The molecule has 4 heteroatoms. The summed E-state index contributed by atoms with van der Waals surface area (Å²) in [5, 5.41) is 8.80. The van der Waals surface area contributed by atoms with E-state index in [0.717, 1.165) is 0 Å². The summed E-state index contributed by atoms with van der Waals surface area (Å²) in [6.07, 6.45) is 0. The fourth-order valence-electron chi connectivity index (χ4n) is 1.42. The van der Waals surface area contributed by atoms with Gasteiger partial charge in [-0.1, -0.05) is 0 Å². The zero-order chi connectivity index (χ0) is 10.1. The Hall–Kier alpha value is -2.02. The molecule has 1 aliphatic heterocycles. The van der Waals surface area contributed by atoms with Crippen LogP contribution in [0.25, 0.3) is 0 Å². The van der Waals surface area contributed by atoms with E-state index in [1.807, 2.05) is 6.07 Å². The molecule has 0 amide bonds. The number of carbonyl (C=O) groups is 1. The summed E-state index contributed by atoms with van der Waals surface area (Å²) in [5.74, 6) is 0.717. The molecule has 0 radical (unpaired) electrons. The number of benzene rings is 1. The maximum Gasteiger partial charge on any atom is 0.231 e. The van der Waals surface area contributed by atoms with Crippen molar-refractivity contribution in [3.63, 3.8) is 0 Å². The number of carbonyl (C=O) groups excluding carboxylic acids is 1. The van der Waals surface area contributed by atoms with Crippen LogP contribution in [-0.2, 0) is 0 Å². The molecule has 1 aromatic carbocycles. The maximum absolute atomic E-state index is 11.3. The van der Waals surface area contributed by atoms with Crippen molar-refractivity contribution in [1.82, 2.24) is 0 Å². The van der Waals surface area contributed by atoms with Gasteiger partial charge in [0.25, 0.3) is 0 Å². The van der Waals surface area contributed by atoms with Crippen molar-refractivity contribution in [1.29, 1.82) is 5.26 Å². The van der Waals surface area contributed by atoms with Crippen LogP contribution in [0.1, 0.15) is 22.8 Å². The van der Waals surface area contributed by atoms with E-state index in [-0.39, 0.29) is 12.6 Å². The monoisotopic (exact) mass is 189 g/mol. The minimum Gasteiger partial charge on any atom is -0.454 e. The highest BCUT2D eigenvalue weighted by Gasteiger charge is 2.23. The summed E-state index contributed by atoms with van der Waals surface area (Å²) in [4.78, 5) is 11.3. The van der Waals surface area contributed by atoms with Gasteiger partial charge in [0.1, 0.15) is 6.07 Å². The summed E-state index contributed by atoms with van der Waals surface area (Å²) in [6.45, 7) is 1.50. The molecule has 1 aliphatic rings. The van der Waals surface area contributed by atoms with Crippen LogP contribution in [0, 0.1) is 11.3 Å². The molecule has 70 valence electrons. The van der Waals surface area contributed by atoms with Gasteiger partial charge in [-0.15, -0.1) is 0 Å². The Balaban J connectivity index is 2.70. The van der Waals surface area contributed by atoms with Crippen LogP contribution in [0.4, 0.5) is 0 Å². The SMILES string of the molecule is CC(=O)c1c(C#N)ccc2c1OCO2. The molecule has 0 aliphatic carbocycles. The van der Waals surface area contributed by atoms with Gasteiger partial charge in [-0.25, -0.2) is 0 Å². The summed E-state index contributed by atoms with van der Waals surface area (Å²) in [5.41, 5.74) is 0.629. The Labute approximate surface area is 80.7 Å². The quantitative estimate of drug-likeness (QED) is 0.628. The third-order valence-corrected chi connectivity index (χ3v) is 2.01. The molecule has 0 aromatic heterocycles. The van der Waals surface area contributed by atoms with Gasteiger partial charge in [0.15, 0.2) is 17.3 Å². The van der Waals surface area contributed by atoms with E-state index in [4.69, 9.17) is 14.7 Å². The van der Waals surface area contributed by atoms with Gasteiger partial charge in [-0.2, -0.15) is 5.26 Å². The fraction of sp³-hybridized carbons (Fsp3) is 0.200. The largest absolute Gasteiger partial charge is 0.454 e. The van der Waals surface area contributed by atoms with Crippen molar-refractivity contribution >= 4 is 5.78 Å². The minimum atomic E-state index is -0.191. The van der Waals surface area contributed by atoms with E-state index >= 15 is 0 Å². The molecule has 2 rings (SSSR count). The van der Waals surface area contributed by atoms with Gasteiger partial charge < -0.3 is 9.47 Å². The molecule has 0 spiro atoms. The van der Waals surface area contributed by atoms with Crippen molar-refractivity contribution in [3.05, 3.63) is 23.3 Å². The van der Waals surface area contributed by atoms with Crippen LogP contribution in [0.15, 0.2) is 12.1 Å². The van der Waals surface area contributed by atoms with Crippen molar-refractivity contribution in [3.8, 4) is 17.6 Å². The molecule has 1 aromatic rings. The Kier molecular flexibility index (Phi) is 1.86. The molecule has 0 unspecified atom stereocenters. The van der Waals surface area contributed by atoms with Gasteiger partial charge in [0.05, 0.1) is 11.1 Å². The van der Waals surface area contributed by atoms with Gasteiger partial charge >= 0.3 is 0 Å². The molecule has 0 atom stereocenters. The van der Waals surface area contributed by atoms with E-state index in [1.54, 1.807) is 12.1 Å². The number of hydrogen-bond donors (Lipinski definition) is 0. The van der Waals surface area contributed by atoms with E-state index in [9.17, 15) is 4.79 Å². The van der Waals surface area contributed by atoms with Crippen LogP contribution < -0.4 is 9.47 Å². The summed E-state index contributed by atoms with van der Waals surface area (Å²) in [6, 6.07) is 5.14. The van der Waals surface area contributed by atoms with Crippen molar-refractivity contribution in [2.75, 3.05) is 6.79 Å². The highest BCUT2D eigenvalue weighted by Crippen LogP contribution is 2.37. The van der Waals surface area contributed by atoms with Gasteiger partial charge in [-0.05, 0) is 19.1 Å². The number of nitrogens with zero attached hydrogens (tertiary/aromatic N) is 1. The molecule has 4 nitrogen and oxygen atoms in total. The summed E-state index contributed by atoms with van der Waals surface area (Å²) < 4.78 is 10.2. The third-order valence-electron chi connectivity index (χ3n) is 2.01. The molecular weight excluding hydrogens is 182 g/mol. The zero-order valence-corrected chi connectivity index (χ0v) is 7.53. The average molecular weight is 189 g/mol. The number of rotatable bonds is 1. The lowest BCUT2D eigenvalue weighted by Crippen LogP contribution is -2.00. The smallest absolute Gasteiger partial charge is 0.231 e. The Morgan fingerprint density at radius 3 is 2.93 bits per heavy atom. The Morgan fingerprint density at radius 1 is 1.50 bits per heavy atom. The highest BCUT2D eigenvalue weighted by atomic mass is 16.7. The van der Waals surface area contributed by atoms with E-state index in [0.29, 0.717) is 22.6 Å². The number of ketones is 1. The molecule has 1 heterocycles. The zero-order valence-electron chi connectivity index (χ0n) is 7.53. The lowest BCUT2D eigenvalue weighted by Gasteiger charge is -2.03. The lowest BCUT2D eigenvalue weighted by atomic mass is 10.0. The summed E-state index contributed by atoms with van der Waals surface area (Å²) >= 11 is 0. The maximum atomic E-state index is 11.3. The number of Topliss-reactive ketones (excluding diaryl/α,β-unsaturated/α-hetero) is 1. The molecule has 0 saturated heterocycles. The van der Waals surface area contributed by atoms with Gasteiger partial charge in [0.2, 0.25) is 6.79 Å². The summed E-state index contributed by atoms with van der Waals surface area (Å²) in [7, 11) is 0. The van der Waals surface area contributed by atoms with Crippen molar-refractivity contribution in [2.24, 2.45) is 0 Å². The number of hydrogen-bond acceptors (Lipinski definition) is 4. The Bertz CT molecular complexity index is 445. The second-order valence-corrected chi connectivity index (χ2v) is 2.89. The first kappa shape index (κ1) is 8.57. The first-order valence-electron chi connectivity index (χ1n) is 4.07. The third kappa shape index (κ3) is 1.11. The van der Waals surface area contributed by atoms with E-state index < -0.39 is 0 Å². The van der Waals surface area contributed by atoms with E-state index in [1.165, 1.54) is 6.92 Å². The first-order valence-corrected chi connectivity index (χ1v) is 4.07. The topological polar surface area (TPSA) is 59.3 Å². The molecule has 0 fully saturated rings. The number of nitriles is 1. The molecule has 0 saturated carbocycles. The lowest BCUT2D eigenvalue weighted by molar-refractivity contribution is 0.101. The predicted octanol–water partition coefficient (Wildman–Crippen LogP) is 1.49. The van der Waals surface area contributed by atoms with Crippen LogP contribution >= 0.6 is 0 Å². The van der Waals surface area contributed by atoms with E-state index in [2.05, 4.69) is 0 Å². The molecule has 14 heavy (non-hydrogen) atoms. The van der Waals surface area contributed by atoms with Crippen molar-refractivity contribution in [2.45, 2.75) is 6.92 Å². The van der Waals surface area contributed by atoms with Crippen LogP contribution in [-0.4, -0.2) is 12.6 Å². The first-order chi connectivity index (χ1) is 6.74. The predicted molar refractivity (Wildman–Crippen MR) is 47.3 cm³/mol. The normalized spacial score (nSPS) is 12.3. The van der Waals surface area contributed by atoms with Crippen LogP contribution in [0.5, 0.6) is 11.5 Å². The van der Waals surface area contributed by atoms with Gasteiger partial charge in [-0.3, -0.25) is 4.79 Å². The Morgan fingerprint density at radius 2 is 2.29 bits per heavy atom. The number of ether oxygens (including phenoxy) is 2. The molecule has 0 bridgehead atoms. The average Bonchev–Trinajstić information content (AvgIpc) is 2.62. The number of fused-ring (bicyclic) bond motifs is 1. The minimum absolute atomic E-state index is 0.102. The second kappa shape index (κ2) is 3.04. The highest BCUT2D eigenvalue weighted by molar-refractivity contribution is 6.00. The molecule has 0 N–H and O–H groups in total. The fourth-order valence-corrected chi connectivity index (χ4v) is 1.42. The van der Waals surface area contributed by atoms with Crippen LogP contribution in [0.2, 0.25) is 0 Å².